The van der Waals surface area contributed by atoms with E-state index in [1.54, 1.807) is 11.8 Å². The molecule has 0 aromatic heterocycles. The van der Waals surface area contributed by atoms with Gasteiger partial charge >= 0.3 is 0 Å². The van der Waals surface area contributed by atoms with E-state index in [4.69, 9.17) is 4.74 Å². The van der Waals surface area contributed by atoms with Crippen molar-refractivity contribution >= 4 is 35.3 Å². The van der Waals surface area contributed by atoms with Crippen LogP contribution in [0.2, 0.25) is 0 Å². The van der Waals surface area contributed by atoms with E-state index in [2.05, 4.69) is 37.0 Å². The second-order valence-electron chi connectivity index (χ2n) is 3.62. The van der Waals surface area contributed by atoms with Gasteiger partial charge in [0.1, 0.15) is 5.75 Å². The van der Waals surface area contributed by atoms with E-state index >= 15 is 0 Å². The fraction of sp³-hybridized carbons (Fsp3) is 0.500. The monoisotopic (exact) mass is 272 g/mol. The number of thioether (sulfide) groups is 3. The van der Waals surface area contributed by atoms with Crippen molar-refractivity contribution in [2.24, 2.45) is 0 Å². The maximum Gasteiger partial charge on any atom is 0.125 e. The summed E-state index contributed by atoms with van der Waals surface area (Å²) in [5.41, 5.74) is 1.34. The van der Waals surface area contributed by atoms with Gasteiger partial charge in [0.15, 0.2) is 0 Å². The summed E-state index contributed by atoms with van der Waals surface area (Å²) in [6.07, 6.45) is 7.56. The van der Waals surface area contributed by atoms with Gasteiger partial charge in [0, 0.05) is 16.9 Å². The topological polar surface area (TPSA) is 9.23 Å². The normalized spacial score (nSPS) is 17.7. The molecule has 1 aromatic carbocycles. The van der Waals surface area contributed by atoms with E-state index in [0.29, 0.717) is 0 Å². The number of hydrogen-bond donors (Lipinski definition) is 0. The molecule has 0 aliphatic carbocycles. The molecule has 2 rings (SSSR count). The summed E-state index contributed by atoms with van der Waals surface area (Å²) in [4.78, 5) is 1.27. The molecule has 16 heavy (non-hydrogen) atoms. The molecular formula is C12H16OS3. The Morgan fingerprint density at radius 3 is 2.56 bits per heavy atom. The molecule has 1 nitrogen and oxygen atoms in total. The zero-order valence-corrected chi connectivity index (χ0v) is 12.2. The highest BCUT2D eigenvalue weighted by molar-refractivity contribution is 8.16. The third-order valence-electron chi connectivity index (χ3n) is 2.95. The highest BCUT2D eigenvalue weighted by Crippen LogP contribution is 2.52. The lowest BCUT2D eigenvalue weighted by Gasteiger charge is -2.36. The molecule has 4 heteroatoms. The average molecular weight is 272 g/mol. The first-order chi connectivity index (χ1) is 7.75. The Kier molecular flexibility index (Phi) is 4.03. The van der Waals surface area contributed by atoms with E-state index < -0.39 is 0 Å². The quantitative estimate of drug-likeness (QED) is 0.605. The second kappa shape index (κ2) is 5.15. The number of rotatable bonds is 3. The first-order valence-corrected chi connectivity index (χ1v) is 8.85. The number of benzene rings is 1. The molecule has 0 unspecified atom stereocenters. The molecule has 0 saturated heterocycles. The molecule has 0 bridgehead atoms. The van der Waals surface area contributed by atoms with Crippen molar-refractivity contribution in [3.8, 4) is 5.75 Å². The van der Waals surface area contributed by atoms with Crippen LogP contribution in [0, 0.1) is 0 Å². The van der Waals surface area contributed by atoms with E-state index in [9.17, 15) is 0 Å². The van der Waals surface area contributed by atoms with E-state index in [0.717, 1.165) is 18.8 Å². The molecule has 0 fully saturated rings. The first-order valence-electron chi connectivity index (χ1n) is 5.17. The summed E-state index contributed by atoms with van der Waals surface area (Å²) in [7, 11) is 0. The summed E-state index contributed by atoms with van der Waals surface area (Å²) < 4.78 is 5.97. The summed E-state index contributed by atoms with van der Waals surface area (Å²) in [6.45, 7) is 0.826. The third-order valence-corrected chi connectivity index (χ3v) is 6.84. The largest absolute Gasteiger partial charge is 0.493 e. The average Bonchev–Trinajstić information content (AvgIpc) is 2.37. The van der Waals surface area contributed by atoms with Crippen LogP contribution in [0.1, 0.15) is 12.0 Å². The highest BCUT2D eigenvalue weighted by Gasteiger charge is 2.36. The number of fused-ring (bicyclic) bond motifs is 1. The molecule has 0 saturated carbocycles. The van der Waals surface area contributed by atoms with Gasteiger partial charge < -0.3 is 4.74 Å². The molecule has 1 aliphatic heterocycles. The van der Waals surface area contributed by atoms with Gasteiger partial charge in [-0.2, -0.15) is 0 Å². The van der Waals surface area contributed by atoms with Crippen LogP contribution in [0.15, 0.2) is 23.1 Å². The predicted molar refractivity (Wildman–Crippen MR) is 77.0 cm³/mol. The zero-order chi connectivity index (χ0) is 11.6. The maximum absolute atomic E-state index is 5.78. The maximum atomic E-state index is 5.78. The lowest BCUT2D eigenvalue weighted by Crippen LogP contribution is -2.26. The van der Waals surface area contributed by atoms with E-state index in [1.807, 2.05) is 23.5 Å². The van der Waals surface area contributed by atoms with Gasteiger partial charge in [0.05, 0.1) is 10.7 Å². The number of hydrogen-bond acceptors (Lipinski definition) is 4. The Labute approximate surface area is 110 Å². The molecule has 0 spiro atoms. The molecule has 1 aromatic rings. The van der Waals surface area contributed by atoms with Gasteiger partial charge in [-0.25, -0.2) is 0 Å². The fourth-order valence-electron chi connectivity index (χ4n) is 2.00. The van der Waals surface area contributed by atoms with Gasteiger partial charge in [-0.05, 0) is 30.9 Å². The predicted octanol–water partition coefficient (Wildman–Crippen LogP) is 4.07. The van der Waals surface area contributed by atoms with Crippen LogP contribution in [0.25, 0.3) is 0 Å². The van der Waals surface area contributed by atoms with Crippen LogP contribution in [0.5, 0.6) is 5.75 Å². The second-order valence-corrected chi connectivity index (χ2v) is 6.97. The van der Waals surface area contributed by atoms with Gasteiger partial charge in [-0.15, -0.1) is 35.3 Å². The van der Waals surface area contributed by atoms with Crippen LogP contribution < -0.4 is 4.74 Å². The minimum atomic E-state index is 0.185. The molecule has 0 amide bonds. The molecule has 0 atom stereocenters. The van der Waals surface area contributed by atoms with Crippen LogP contribution >= 0.6 is 35.3 Å². The van der Waals surface area contributed by atoms with Crippen LogP contribution in [-0.4, -0.2) is 25.4 Å². The van der Waals surface area contributed by atoms with Gasteiger partial charge in [0.2, 0.25) is 0 Å². The van der Waals surface area contributed by atoms with Gasteiger partial charge in [-0.3, -0.25) is 0 Å². The number of ether oxygens (including phenoxy) is 1. The summed E-state index contributed by atoms with van der Waals surface area (Å²) in [5.74, 6) is 1.07. The molecule has 0 N–H and O–H groups in total. The summed E-state index contributed by atoms with van der Waals surface area (Å²) >= 11 is 5.61. The highest BCUT2D eigenvalue weighted by atomic mass is 32.2. The van der Waals surface area contributed by atoms with Gasteiger partial charge in [-0.1, -0.05) is 6.07 Å². The smallest absolute Gasteiger partial charge is 0.125 e. The minimum Gasteiger partial charge on any atom is -0.493 e. The van der Waals surface area contributed by atoms with Crippen molar-refractivity contribution in [2.45, 2.75) is 15.4 Å². The Bertz CT molecular complexity index is 375. The van der Waals surface area contributed by atoms with Crippen molar-refractivity contribution in [3.63, 3.8) is 0 Å². The lowest BCUT2D eigenvalue weighted by atomic mass is 10.1. The standard InChI is InChI=1S/C12H16OS3/c1-14-9-4-5-10-11(8-9)13-7-6-12(10,15-2)16-3/h4-5,8H,6-7H2,1-3H3. The third kappa shape index (κ3) is 2.07. The summed E-state index contributed by atoms with van der Waals surface area (Å²) in [6, 6.07) is 6.59. The van der Waals surface area contributed by atoms with Crippen LogP contribution in [-0.2, 0) is 4.08 Å². The molecular weight excluding hydrogens is 256 g/mol. The molecule has 0 radical (unpaired) electrons. The van der Waals surface area contributed by atoms with Crippen molar-refractivity contribution in [2.75, 3.05) is 25.4 Å². The van der Waals surface area contributed by atoms with Crippen molar-refractivity contribution in [1.82, 2.24) is 0 Å². The van der Waals surface area contributed by atoms with Crippen LogP contribution in [0.3, 0.4) is 0 Å². The minimum absolute atomic E-state index is 0.185. The van der Waals surface area contributed by atoms with Crippen molar-refractivity contribution < 1.29 is 4.74 Å². The van der Waals surface area contributed by atoms with Crippen molar-refractivity contribution in [1.29, 1.82) is 0 Å². The van der Waals surface area contributed by atoms with Crippen LogP contribution in [0.4, 0.5) is 0 Å². The summed E-state index contributed by atoms with van der Waals surface area (Å²) in [5, 5.41) is 0. The van der Waals surface area contributed by atoms with E-state index in [-0.39, 0.29) is 4.08 Å². The lowest BCUT2D eigenvalue weighted by molar-refractivity contribution is 0.279. The van der Waals surface area contributed by atoms with Crippen molar-refractivity contribution in [3.05, 3.63) is 23.8 Å². The van der Waals surface area contributed by atoms with E-state index in [1.165, 1.54) is 10.5 Å². The SMILES string of the molecule is CSc1ccc2c(c1)OCCC2(SC)SC. The fourth-order valence-corrected chi connectivity index (χ4v) is 4.45. The van der Waals surface area contributed by atoms with Gasteiger partial charge in [0.25, 0.3) is 0 Å². The molecule has 1 heterocycles. The first kappa shape index (κ1) is 12.5. The Morgan fingerprint density at radius 2 is 1.94 bits per heavy atom. The Morgan fingerprint density at radius 1 is 1.19 bits per heavy atom. The zero-order valence-electron chi connectivity index (χ0n) is 9.78. The Hall–Kier alpha value is 0.0700. The Balaban J connectivity index is 2.46. The molecule has 88 valence electrons. The molecule has 1 aliphatic rings.